The van der Waals surface area contributed by atoms with Crippen molar-refractivity contribution in [2.75, 3.05) is 48.9 Å². The Bertz CT molecular complexity index is 1050. The Labute approximate surface area is 200 Å². The predicted octanol–water partition coefficient (Wildman–Crippen LogP) is 3.49. The summed E-state index contributed by atoms with van der Waals surface area (Å²) in [5.74, 6) is 6.08. The summed E-state index contributed by atoms with van der Waals surface area (Å²) >= 11 is 0. The fourth-order valence-corrected chi connectivity index (χ4v) is 7.67. The van der Waals surface area contributed by atoms with Crippen molar-refractivity contribution in [1.82, 2.24) is 14.9 Å². The molecule has 5 fully saturated rings. The molecule has 6 aliphatic rings. The quantitative estimate of drug-likeness (QED) is 0.698. The van der Waals surface area contributed by atoms with Crippen LogP contribution in [0.3, 0.4) is 0 Å². The highest BCUT2D eigenvalue weighted by molar-refractivity contribution is 5.75. The number of fused-ring (bicyclic) bond motifs is 1. The molecule has 0 atom stereocenters. The Morgan fingerprint density at radius 1 is 0.941 bits per heavy atom. The lowest BCUT2D eigenvalue weighted by Gasteiger charge is -2.57. The van der Waals surface area contributed by atoms with Gasteiger partial charge in [0.25, 0.3) is 0 Å². The number of nitrogens with two attached hydrogens (primary N) is 1. The van der Waals surface area contributed by atoms with E-state index in [-0.39, 0.29) is 5.54 Å². The lowest BCUT2D eigenvalue weighted by Crippen LogP contribution is -2.55. The van der Waals surface area contributed by atoms with Crippen LogP contribution in [0.5, 0.6) is 11.5 Å². The highest BCUT2D eigenvalue weighted by atomic mass is 16.7. The zero-order valence-electron chi connectivity index (χ0n) is 19.7. The van der Waals surface area contributed by atoms with Crippen molar-refractivity contribution in [1.29, 1.82) is 0 Å². The van der Waals surface area contributed by atoms with Gasteiger partial charge in [0.2, 0.25) is 6.79 Å². The molecule has 3 N–H and O–H groups in total. The first-order chi connectivity index (χ1) is 16.6. The number of benzene rings is 1. The fourth-order valence-electron chi connectivity index (χ4n) is 7.67. The van der Waals surface area contributed by atoms with Gasteiger partial charge in [-0.2, -0.15) is 0 Å². The van der Waals surface area contributed by atoms with Gasteiger partial charge in [-0.25, -0.2) is 9.97 Å². The van der Waals surface area contributed by atoms with Crippen molar-refractivity contribution >= 4 is 17.3 Å². The number of nitrogen functional groups attached to an aromatic ring is 1. The van der Waals surface area contributed by atoms with E-state index in [9.17, 15) is 0 Å². The van der Waals surface area contributed by atoms with Crippen LogP contribution in [-0.2, 0) is 6.54 Å². The zero-order chi connectivity index (χ0) is 22.7. The summed E-state index contributed by atoms with van der Waals surface area (Å²) in [5.41, 5.74) is 8.84. The summed E-state index contributed by atoms with van der Waals surface area (Å²) in [6, 6.07) is 6.23. The maximum Gasteiger partial charge on any atom is 0.231 e. The normalized spacial score (nSPS) is 31.8. The van der Waals surface area contributed by atoms with Gasteiger partial charge in [-0.05, 0) is 74.0 Å². The minimum Gasteiger partial charge on any atom is -0.454 e. The van der Waals surface area contributed by atoms with Gasteiger partial charge in [0.1, 0.15) is 12.0 Å². The van der Waals surface area contributed by atoms with Crippen molar-refractivity contribution in [2.24, 2.45) is 17.8 Å². The molecular weight excluding hydrogens is 428 g/mol. The molecule has 0 unspecified atom stereocenters. The van der Waals surface area contributed by atoms with E-state index in [2.05, 4.69) is 37.2 Å². The van der Waals surface area contributed by atoms with E-state index in [0.717, 1.165) is 73.6 Å². The lowest BCUT2D eigenvalue weighted by molar-refractivity contribution is 0.0106. The fraction of sp³-hybridized carbons (Fsp3) is 0.615. The molecule has 1 aromatic heterocycles. The number of rotatable bonds is 5. The Hall–Kier alpha value is -2.74. The number of nitrogens with zero attached hydrogens (tertiary/aromatic N) is 4. The third-order valence-electron chi connectivity index (χ3n) is 8.80. The summed E-state index contributed by atoms with van der Waals surface area (Å²) < 4.78 is 11.0. The minimum absolute atomic E-state index is 0.192. The van der Waals surface area contributed by atoms with Crippen molar-refractivity contribution in [2.45, 2.75) is 50.6 Å². The second-order valence-corrected chi connectivity index (χ2v) is 11.2. The average Bonchev–Trinajstić information content (AvgIpc) is 3.28. The maximum absolute atomic E-state index is 6.69. The molecule has 4 aliphatic carbocycles. The minimum atomic E-state index is 0.192. The topological polar surface area (TPSA) is 88.8 Å². The van der Waals surface area contributed by atoms with E-state index in [1.807, 2.05) is 6.07 Å². The lowest BCUT2D eigenvalue weighted by atomic mass is 9.53. The molecule has 3 heterocycles. The Morgan fingerprint density at radius 3 is 2.38 bits per heavy atom. The second-order valence-electron chi connectivity index (χ2n) is 11.2. The summed E-state index contributed by atoms with van der Waals surface area (Å²) in [7, 11) is 0. The molecule has 8 rings (SSSR count). The van der Waals surface area contributed by atoms with E-state index < -0.39 is 0 Å². The van der Waals surface area contributed by atoms with Gasteiger partial charge < -0.3 is 25.4 Å². The Balaban J connectivity index is 1.02. The molecule has 0 amide bonds. The Kier molecular flexibility index (Phi) is 4.79. The number of anilines is 3. The predicted molar refractivity (Wildman–Crippen MR) is 131 cm³/mol. The molecule has 8 heteroatoms. The van der Waals surface area contributed by atoms with Crippen molar-refractivity contribution in [3.63, 3.8) is 0 Å². The molecule has 180 valence electrons. The van der Waals surface area contributed by atoms with Crippen molar-refractivity contribution < 1.29 is 9.47 Å². The standard InChI is InChI=1S/C26H34N6O2/c27-23-24(30-26-11-18-7-19(12-26)9-20(8-18)13-26)28-15-29-25(23)32-5-3-31(4-6-32)14-17-1-2-21-22(10-17)34-16-33-21/h1-2,10,15,18-20H,3-9,11-14,16,27H2,(H,28,29,30). The van der Waals surface area contributed by atoms with E-state index in [0.29, 0.717) is 12.5 Å². The SMILES string of the molecule is Nc1c(NC23CC4CC(CC(C4)C2)C3)ncnc1N1CCN(Cc2ccc3c(c2)OCO3)CC1. The third kappa shape index (κ3) is 3.63. The molecular formula is C26H34N6O2. The van der Waals surface area contributed by atoms with Gasteiger partial charge in [-0.1, -0.05) is 6.07 Å². The summed E-state index contributed by atoms with van der Waals surface area (Å²) in [6.07, 6.45) is 9.81. The van der Waals surface area contributed by atoms with Crippen LogP contribution in [0.1, 0.15) is 44.1 Å². The molecule has 2 aromatic rings. The van der Waals surface area contributed by atoms with Crippen molar-refractivity contribution in [3.05, 3.63) is 30.1 Å². The van der Waals surface area contributed by atoms with Gasteiger partial charge in [-0.15, -0.1) is 0 Å². The smallest absolute Gasteiger partial charge is 0.231 e. The van der Waals surface area contributed by atoms with E-state index in [1.54, 1.807) is 6.33 Å². The van der Waals surface area contributed by atoms with Gasteiger partial charge in [-0.3, -0.25) is 4.90 Å². The molecule has 0 radical (unpaired) electrons. The highest BCUT2D eigenvalue weighted by Crippen LogP contribution is 2.56. The molecule has 1 saturated heterocycles. The van der Waals surface area contributed by atoms with E-state index >= 15 is 0 Å². The number of piperazine rings is 1. The van der Waals surface area contributed by atoms with Gasteiger partial charge in [0, 0.05) is 38.3 Å². The maximum atomic E-state index is 6.69. The van der Waals surface area contributed by atoms with Crippen LogP contribution in [-0.4, -0.2) is 53.4 Å². The van der Waals surface area contributed by atoms with E-state index in [1.165, 1.54) is 44.1 Å². The third-order valence-corrected chi connectivity index (χ3v) is 8.80. The van der Waals surface area contributed by atoms with Crippen molar-refractivity contribution in [3.8, 4) is 11.5 Å². The number of hydrogen-bond donors (Lipinski definition) is 2. The molecule has 8 nitrogen and oxygen atoms in total. The number of hydrogen-bond acceptors (Lipinski definition) is 8. The average molecular weight is 463 g/mol. The van der Waals surface area contributed by atoms with E-state index in [4.69, 9.17) is 15.2 Å². The molecule has 4 saturated carbocycles. The van der Waals surface area contributed by atoms with Gasteiger partial charge in [0.05, 0.1) is 0 Å². The first-order valence-electron chi connectivity index (χ1n) is 12.9. The second kappa shape index (κ2) is 7.90. The van der Waals surface area contributed by atoms with Gasteiger partial charge >= 0.3 is 0 Å². The highest BCUT2D eigenvalue weighted by Gasteiger charge is 2.51. The molecule has 1 aromatic carbocycles. The van der Waals surface area contributed by atoms with Crippen LogP contribution in [0.15, 0.2) is 24.5 Å². The summed E-state index contributed by atoms with van der Waals surface area (Å²) in [6.45, 7) is 4.97. The van der Waals surface area contributed by atoms with Crippen LogP contribution in [0.4, 0.5) is 17.3 Å². The molecule has 34 heavy (non-hydrogen) atoms. The largest absolute Gasteiger partial charge is 0.454 e. The van der Waals surface area contributed by atoms with Crippen LogP contribution < -0.4 is 25.4 Å². The monoisotopic (exact) mass is 462 g/mol. The van der Waals surface area contributed by atoms with Crippen LogP contribution >= 0.6 is 0 Å². The first kappa shape index (κ1) is 20.6. The summed E-state index contributed by atoms with van der Waals surface area (Å²) in [5, 5.41) is 3.86. The molecule has 2 aliphatic heterocycles. The number of nitrogens with one attached hydrogen (secondary N) is 1. The number of ether oxygens (including phenoxy) is 2. The first-order valence-corrected chi connectivity index (χ1v) is 12.9. The van der Waals surface area contributed by atoms with Gasteiger partial charge in [0.15, 0.2) is 23.1 Å². The number of aromatic nitrogens is 2. The molecule has 4 bridgehead atoms. The molecule has 0 spiro atoms. The Morgan fingerprint density at radius 2 is 1.65 bits per heavy atom. The van der Waals surface area contributed by atoms with Crippen LogP contribution in [0.2, 0.25) is 0 Å². The summed E-state index contributed by atoms with van der Waals surface area (Å²) in [4.78, 5) is 14.0. The zero-order valence-corrected chi connectivity index (χ0v) is 19.7. The van der Waals surface area contributed by atoms with Crippen LogP contribution in [0.25, 0.3) is 0 Å². The van der Waals surface area contributed by atoms with Crippen LogP contribution in [0, 0.1) is 17.8 Å².